The molecule has 1 heterocycles. The van der Waals surface area contributed by atoms with E-state index in [9.17, 15) is 18.0 Å². The summed E-state index contributed by atoms with van der Waals surface area (Å²) in [6.45, 7) is 1.41. The van der Waals surface area contributed by atoms with Gasteiger partial charge in [0, 0.05) is 0 Å². The topological polar surface area (TPSA) is 80.9 Å². The van der Waals surface area contributed by atoms with Gasteiger partial charge in [0.15, 0.2) is 0 Å². The van der Waals surface area contributed by atoms with E-state index < -0.39 is 23.1 Å². The lowest BCUT2D eigenvalue weighted by Crippen LogP contribution is -2.32. The van der Waals surface area contributed by atoms with Gasteiger partial charge in [-0.25, -0.2) is 0 Å². The number of carbonyl (C=O) groups excluding carboxylic acids is 1. The summed E-state index contributed by atoms with van der Waals surface area (Å²) in [5.41, 5.74) is 4.91. The maximum absolute atomic E-state index is 12.1. The number of amides is 1. The Morgan fingerprint density at radius 2 is 2.13 bits per heavy atom. The molecule has 0 aliphatic rings. The van der Waals surface area contributed by atoms with E-state index in [0.717, 1.165) is 0 Å². The van der Waals surface area contributed by atoms with Crippen molar-refractivity contribution in [2.24, 2.45) is 5.73 Å². The summed E-state index contributed by atoms with van der Waals surface area (Å²) in [4.78, 5) is 10.6. The van der Waals surface area contributed by atoms with Gasteiger partial charge in [-0.2, -0.15) is 13.2 Å². The molecule has 1 aromatic heterocycles. The van der Waals surface area contributed by atoms with Crippen molar-refractivity contribution < 1.29 is 18.0 Å². The number of anilines is 1. The highest BCUT2D eigenvalue weighted by Crippen LogP contribution is 2.33. The van der Waals surface area contributed by atoms with E-state index >= 15 is 0 Å². The van der Waals surface area contributed by atoms with Crippen LogP contribution in [0, 0.1) is 0 Å². The van der Waals surface area contributed by atoms with Gasteiger partial charge >= 0.3 is 6.18 Å². The van der Waals surface area contributed by atoms with Crippen LogP contribution in [0.15, 0.2) is 0 Å². The van der Waals surface area contributed by atoms with Gasteiger partial charge in [-0.1, -0.05) is 11.3 Å². The molecule has 1 aromatic rings. The first-order chi connectivity index (χ1) is 6.80. The largest absolute Gasteiger partial charge is 0.445 e. The third-order valence-corrected chi connectivity index (χ3v) is 2.33. The fraction of sp³-hybridized carbons (Fsp3) is 0.500. The molecule has 0 saturated heterocycles. The predicted octanol–water partition coefficient (Wildman–Crippen LogP) is 0.843. The van der Waals surface area contributed by atoms with Crippen molar-refractivity contribution in [2.75, 3.05) is 5.32 Å². The number of hydrogen-bond acceptors (Lipinski definition) is 5. The first-order valence-electron chi connectivity index (χ1n) is 3.77. The zero-order valence-corrected chi connectivity index (χ0v) is 8.32. The number of nitrogens with two attached hydrogens (primary N) is 1. The minimum absolute atomic E-state index is 0.0892. The van der Waals surface area contributed by atoms with E-state index in [2.05, 4.69) is 15.5 Å². The van der Waals surface area contributed by atoms with E-state index in [0.29, 0.717) is 11.3 Å². The number of rotatable bonds is 3. The number of nitrogens with one attached hydrogen (secondary N) is 1. The zero-order valence-electron chi connectivity index (χ0n) is 7.50. The molecule has 84 valence electrons. The highest BCUT2D eigenvalue weighted by Gasteiger charge is 2.35. The van der Waals surface area contributed by atoms with E-state index in [4.69, 9.17) is 5.73 Å². The van der Waals surface area contributed by atoms with Crippen LogP contribution in [0.1, 0.15) is 11.9 Å². The molecule has 0 aliphatic heterocycles. The Hall–Kier alpha value is -1.38. The molecule has 0 fully saturated rings. The second-order valence-corrected chi connectivity index (χ2v) is 3.66. The lowest BCUT2D eigenvalue weighted by molar-refractivity contribution is -0.138. The standard InChI is InChI=1S/C6H7F3N4OS/c1-2(3(10)14)11-5-13-12-4(15-5)6(7,8)9/h2H,1H3,(H2,10,14)(H,11,13). The number of primary amides is 1. The third kappa shape index (κ3) is 3.05. The Kier molecular flexibility index (Phi) is 3.12. The van der Waals surface area contributed by atoms with Crippen LogP contribution in [0.2, 0.25) is 0 Å². The van der Waals surface area contributed by atoms with Gasteiger partial charge in [0.1, 0.15) is 6.04 Å². The summed E-state index contributed by atoms with van der Waals surface area (Å²) in [6.07, 6.45) is -4.52. The van der Waals surface area contributed by atoms with Gasteiger partial charge in [-0.3, -0.25) is 4.79 Å². The molecule has 5 nitrogen and oxygen atoms in total. The van der Waals surface area contributed by atoms with Gasteiger partial charge in [0.05, 0.1) is 0 Å². The molecule has 3 N–H and O–H groups in total. The monoisotopic (exact) mass is 240 g/mol. The Morgan fingerprint density at radius 3 is 2.53 bits per heavy atom. The van der Waals surface area contributed by atoms with Crippen molar-refractivity contribution in [1.82, 2.24) is 10.2 Å². The van der Waals surface area contributed by atoms with Crippen molar-refractivity contribution in [3.05, 3.63) is 5.01 Å². The number of carbonyl (C=O) groups is 1. The lowest BCUT2D eigenvalue weighted by Gasteiger charge is -2.06. The first-order valence-corrected chi connectivity index (χ1v) is 4.59. The first kappa shape index (κ1) is 11.7. The van der Waals surface area contributed by atoms with Gasteiger partial charge in [-0.05, 0) is 6.92 Å². The second kappa shape index (κ2) is 4.01. The summed E-state index contributed by atoms with van der Waals surface area (Å²) < 4.78 is 36.3. The van der Waals surface area contributed by atoms with Crippen LogP contribution in [-0.4, -0.2) is 22.1 Å². The Bertz CT molecular complexity index is 364. The Balaban J connectivity index is 2.73. The molecule has 0 saturated carbocycles. The molecule has 0 spiro atoms. The summed E-state index contributed by atoms with van der Waals surface area (Å²) in [7, 11) is 0. The summed E-state index contributed by atoms with van der Waals surface area (Å²) in [5.74, 6) is -0.682. The summed E-state index contributed by atoms with van der Waals surface area (Å²) >= 11 is 0.319. The molecule has 1 atom stereocenters. The highest BCUT2D eigenvalue weighted by atomic mass is 32.1. The SMILES string of the molecule is CC(Nc1nnc(C(F)(F)F)s1)C(N)=O. The van der Waals surface area contributed by atoms with E-state index in [1.807, 2.05) is 0 Å². The Morgan fingerprint density at radius 1 is 1.53 bits per heavy atom. The summed E-state index contributed by atoms with van der Waals surface area (Å²) in [5, 5.41) is 7.41. The van der Waals surface area contributed by atoms with Crippen LogP contribution in [0.3, 0.4) is 0 Å². The molecular formula is C6H7F3N4OS. The van der Waals surface area contributed by atoms with Crippen molar-refractivity contribution in [3.63, 3.8) is 0 Å². The van der Waals surface area contributed by atoms with Crippen LogP contribution < -0.4 is 11.1 Å². The van der Waals surface area contributed by atoms with Crippen LogP contribution in [0.5, 0.6) is 0 Å². The number of alkyl halides is 3. The molecule has 0 bridgehead atoms. The predicted molar refractivity (Wildman–Crippen MR) is 47.2 cm³/mol. The molecule has 1 rings (SSSR count). The van der Waals surface area contributed by atoms with Crippen molar-refractivity contribution in [2.45, 2.75) is 19.1 Å². The van der Waals surface area contributed by atoms with E-state index in [-0.39, 0.29) is 5.13 Å². The van der Waals surface area contributed by atoms with E-state index in [1.54, 1.807) is 0 Å². The van der Waals surface area contributed by atoms with Gasteiger partial charge in [-0.15, -0.1) is 10.2 Å². The van der Waals surface area contributed by atoms with Crippen molar-refractivity contribution >= 4 is 22.4 Å². The molecular weight excluding hydrogens is 233 g/mol. The highest BCUT2D eigenvalue weighted by molar-refractivity contribution is 7.15. The molecule has 15 heavy (non-hydrogen) atoms. The zero-order chi connectivity index (χ0) is 11.6. The number of aromatic nitrogens is 2. The third-order valence-electron chi connectivity index (χ3n) is 1.43. The van der Waals surface area contributed by atoms with E-state index in [1.165, 1.54) is 6.92 Å². The maximum atomic E-state index is 12.1. The van der Waals surface area contributed by atoms with Gasteiger partial charge < -0.3 is 11.1 Å². The minimum Gasteiger partial charge on any atom is -0.368 e. The maximum Gasteiger partial charge on any atom is 0.445 e. The molecule has 9 heteroatoms. The normalized spacial score (nSPS) is 13.6. The van der Waals surface area contributed by atoms with Gasteiger partial charge in [0.2, 0.25) is 16.0 Å². The van der Waals surface area contributed by atoms with Crippen LogP contribution >= 0.6 is 11.3 Å². The number of nitrogens with zero attached hydrogens (tertiary/aromatic N) is 2. The van der Waals surface area contributed by atoms with Crippen LogP contribution in [-0.2, 0) is 11.0 Å². The molecule has 0 radical (unpaired) electrons. The minimum atomic E-state index is -4.52. The van der Waals surface area contributed by atoms with Crippen LogP contribution in [0.25, 0.3) is 0 Å². The molecule has 0 aliphatic carbocycles. The van der Waals surface area contributed by atoms with Crippen molar-refractivity contribution in [3.8, 4) is 0 Å². The average Bonchev–Trinajstić information content (AvgIpc) is 2.51. The number of hydrogen-bond donors (Lipinski definition) is 2. The van der Waals surface area contributed by atoms with Gasteiger partial charge in [0.25, 0.3) is 0 Å². The average molecular weight is 240 g/mol. The van der Waals surface area contributed by atoms with Crippen molar-refractivity contribution in [1.29, 1.82) is 0 Å². The van der Waals surface area contributed by atoms with Crippen LogP contribution in [0.4, 0.5) is 18.3 Å². The molecule has 1 unspecified atom stereocenters. The Labute approximate surface area is 86.5 Å². The molecule has 1 amide bonds. The number of halogens is 3. The second-order valence-electron chi connectivity index (χ2n) is 2.68. The fourth-order valence-corrected chi connectivity index (χ4v) is 1.35. The quantitative estimate of drug-likeness (QED) is 0.820. The fourth-order valence-electron chi connectivity index (χ4n) is 0.652. The smallest absolute Gasteiger partial charge is 0.368 e. The lowest BCUT2D eigenvalue weighted by atomic mass is 10.3. The summed E-state index contributed by atoms with van der Waals surface area (Å²) in [6, 6.07) is -0.793. The molecule has 0 aromatic carbocycles.